The van der Waals surface area contributed by atoms with Gasteiger partial charge in [0.25, 0.3) is 5.91 Å². The van der Waals surface area contributed by atoms with Gasteiger partial charge in [0.2, 0.25) is 0 Å². The van der Waals surface area contributed by atoms with E-state index in [0.717, 1.165) is 57.0 Å². The number of rotatable bonds is 7. The van der Waals surface area contributed by atoms with Gasteiger partial charge in [0.05, 0.1) is 15.3 Å². The monoisotopic (exact) mass is 517 g/mol. The minimum Gasteiger partial charge on any atom is -0.381 e. The second-order valence-electron chi connectivity index (χ2n) is 9.24. The van der Waals surface area contributed by atoms with Crippen LogP contribution in [0.3, 0.4) is 0 Å². The molecule has 186 valence electrons. The van der Waals surface area contributed by atoms with Crippen LogP contribution in [0.25, 0.3) is 10.2 Å². The number of carbonyl (C=O) groups is 1. The number of piperidine rings is 1. The summed E-state index contributed by atoms with van der Waals surface area (Å²) < 4.78 is 18.9. The molecular weight excluding hydrogens is 489 g/mol. The Morgan fingerprint density at radius 1 is 1.17 bits per heavy atom. The SMILES string of the molecule is O=C(NC1CCN(CCC2CCOCC2)CC1)c1cc2c(Nc3ccc(F)c(Cl)c3)ncnc2s1. The largest absolute Gasteiger partial charge is 0.381 e. The number of amides is 1. The summed E-state index contributed by atoms with van der Waals surface area (Å²) >= 11 is 7.23. The van der Waals surface area contributed by atoms with Gasteiger partial charge in [0.1, 0.15) is 22.8 Å². The van der Waals surface area contributed by atoms with Gasteiger partial charge in [-0.2, -0.15) is 0 Å². The van der Waals surface area contributed by atoms with Gasteiger partial charge in [-0.05, 0) is 68.8 Å². The Morgan fingerprint density at radius 2 is 1.97 bits per heavy atom. The van der Waals surface area contributed by atoms with Crippen LogP contribution in [0, 0.1) is 11.7 Å². The number of anilines is 2. The number of benzene rings is 1. The van der Waals surface area contributed by atoms with Gasteiger partial charge >= 0.3 is 0 Å². The molecule has 3 aromatic rings. The molecule has 4 heterocycles. The third-order valence-electron chi connectivity index (χ3n) is 6.85. The van der Waals surface area contributed by atoms with E-state index in [4.69, 9.17) is 16.3 Å². The molecule has 0 radical (unpaired) electrons. The molecule has 35 heavy (non-hydrogen) atoms. The van der Waals surface area contributed by atoms with Crippen molar-refractivity contribution in [1.82, 2.24) is 20.2 Å². The molecule has 2 aliphatic heterocycles. The fourth-order valence-electron chi connectivity index (χ4n) is 4.74. The van der Waals surface area contributed by atoms with E-state index in [1.165, 1.54) is 49.1 Å². The molecule has 0 aliphatic carbocycles. The molecular formula is C25H29ClFN5O2S. The third-order valence-corrected chi connectivity index (χ3v) is 8.18. The van der Waals surface area contributed by atoms with Gasteiger partial charge in [-0.15, -0.1) is 11.3 Å². The van der Waals surface area contributed by atoms with Crippen LogP contribution in [0.15, 0.2) is 30.6 Å². The topological polar surface area (TPSA) is 79.4 Å². The van der Waals surface area contributed by atoms with E-state index in [0.29, 0.717) is 21.2 Å². The van der Waals surface area contributed by atoms with E-state index in [-0.39, 0.29) is 17.0 Å². The second-order valence-corrected chi connectivity index (χ2v) is 10.7. The Morgan fingerprint density at radius 3 is 2.74 bits per heavy atom. The normalized spacial score (nSPS) is 18.1. The van der Waals surface area contributed by atoms with E-state index in [1.54, 1.807) is 6.07 Å². The minimum atomic E-state index is -0.482. The molecule has 2 N–H and O–H groups in total. The average Bonchev–Trinajstić information content (AvgIpc) is 3.32. The Balaban J connectivity index is 1.16. The quantitative estimate of drug-likeness (QED) is 0.446. The number of thiophene rings is 1. The van der Waals surface area contributed by atoms with Gasteiger partial charge < -0.3 is 20.3 Å². The summed E-state index contributed by atoms with van der Waals surface area (Å²) in [7, 11) is 0. The van der Waals surface area contributed by atoms with Crippen LogP contribution in [0.4, 0.5) is 15.9 Å². The highest BCUT2D eigenvalue weighted by Crippen LogP contribution is 2.31. The van der Waals surface area contributed by atoms with E-state index in [9.17, 15) is 9.18 Å². The molecule has 0 unspecified atom stereocenters. The lowest BCUT2D eigenvalue weighted by Crippen LogP contribution is -2.45. The fraction of sp³-hybridized carbons (Fsp3) is 0.480. The zero-order valence-electron chi connectivity index (χ0n) is 19.4. The van der Waals surface area contributed by atoms with E-state index >= 15 is 0 Å². The number of hydrogen-bond acceptors (Lipinski definition) is 7. The number of carbonyl (C=O) groups excluding carboxylic acids is 1. The number of ether oxygens (including phenoxy) is 1. The number of nitrogens with one attached hydrogen (secondary N) is 2. The average molecular weight is 518 g/mol. The second kappa shape index (κ2) is 11.2. The zero-order valence-corrected chi connectivity index (χ0v) is 21.0. The first-order chi connectivity index (χ1) is 17.0. The van der Waals surface area contributed by atoms with Gasteiger partial charge in [0.15, 0.2) is 0 Å². The molecule has 2 aromatic heterocycles. The summed E-state index contributed by atoms with van der Waals surface area (Å²) in [6.07, 6.45) is 6.97. The lowest BCUT2D eigenvalue weighted by molar-refractivity contribution is 0.0585. The predicted octanol–water partition coefficient (Wildman–Crippen LogP) is 5.24. The molecule has 0 atom stereocenters. The highest BCUT2D eigenvalue weighted by atomic mass is 35.5. The molecule has 5 rings (SSSR count). The van der Waals surface area contributed by atoms with E-state index < -0.39 is 5.82 Å². The van der Waals surface area contributed by atoms with Crippen molar-refractivity contribution in [2.45, 2.75) is 38.1 Å². The van der Waals surface area contributed by atoms with Crippen LogP contribution in [0.1, 0.15) is 41.8 Å². The Bertz CT molecular complexity index is 1180. The predicted molar refractivity (Wildman–Crippen MR) is 137 cm³/mol. The van der Waals surface area contributed by atoms with Crippen molar-refractivity contribution in [1.29, 1.82) is 0 Å². The van der Waals surface area contributed by atoms with E-state index in [1.807, 2.05) is 6.07 Å². The molecule has 2 fully saturated rings. The number of aromatic nitrogens is 2. The van der Waals surface area contributed by atoms with Gasteiger partial charge in [-0.1, -0.05) is 11.6 Å². The summed E-state index contributed by atoms with van der Waals surface area (Å²) in [5.74, 6) is 0.775. The van der Waals surface area contributed by atoms with Crippen LogP contribution in [-0.2, 0) is 4.74 Å². The Kier molecular flexibility index (Phi) is 7.77. The van der Waals surface area contributed by atoms with Crippen molar-refractivity contribution in [2.24, 2.45) is 5.92 Å². The maximum atomic E-state index is 13.5. The fourth-order valence-corrected chi connectivity index (χ4v) is 5.82. The smallest absolute Gasteiger partial charge is 0.261 e. The molecule has 7 nitrogen and oxygen atoms in total. The molecule has 0 spiro atoms. The highest BCUT2D eigenvalue weighted by Gasteiger charge is 2.23. The number of halogens is 2. The molecule has 2 saturated heterocycles. The first kappa shape index (κ1) is 24.4. The molecule has 2 aliphatic rings. The summed E-state index contributed by atoms with van der Waals surface area (Å²) in [5.41, 5.74) is 0.609. The standard InChI is InChI=1S/C25H29ClFN5O2S/c26-20-13-18(1-2-21(20)27)30-23-19-14-22(35-25(19)29-15-28-23)24(33)31-17-4-9-32(10-5-17)8-3-16-6-11-34-12-7-16/h1-2,13-17H,3-12H2,(H,31,33)(H,28,29,30). The number of hydrogen-bond donors (Lipinski definition) is 2. The van der Waals surface area contributed by atoms with Crippen LogP contribution >= 0.6 is 22.9 Å². The molecule has 1 amide bonds. The van der Waals surface area contributed by atoms with Crippen LogP contribution in [0.5, 0.6) is 0 Å². The van der Waals surface area contributed by atoms with Gasteiger partial charge in [0, 0.05) is 38.0 Å². The van der Waals surface area contributed by atoms with Crippen molar-refractivity contribution in [3.8, 4) is 0 Å². The lowest BCUT2D eigenvalue weighted by atomic mass is 9.95. The minimum absolute atomic E-state index is 0.0281. The lowest BCUT2D eigenvalue weighted by Gasteiger charge is -2.33. The first-order valence-electron chi connectivity index (χ1n) is 12.1. The van der Waals surface area contributed by atoms with Crippen LogP contribution in [-0.4, -0.2) is 59.7 Å². The number of fused-ring (bicyclic) bond motifs is 1. The zero-order chi connectivity index (χ0) is 24.2. The third kappa shape index (κ3) is 6.09. The van der Waals surface area contributed by atoms with Crippen molar-refractivity contribution in [2.75, 3.05) is 38.2 Å². The molecule has 10 heteroatoms. The van der Waals surface area contributed by atoms with Crippen molar-refractivity contribution >= 4 is 50.6 Å². The van der Waals surface area contributed by atoms with Gasteiger partial charge in [-0.3, -0.25) is 4.79 Å². The molecule has 0 saturated carbocycles. The molecule has 1 aromatic carbocycles. The maximum absolute atomic E-state index is 13.5. The number of nitrogens with zero attached hydrogens (tertiary/aromatic N) is 3. The number of likely N-dealkylation sites (tertiary alicyclic amines) is 1. The summed E-state index contributed by atoms with van der Waals surface area (Å²) in [5, 5.41) is 7.12. The summed E-state index contributed by atoms with van der Waals surface area (Å²) in [4.78, 5) is 25.5. The Hall–Kier alpha value is -2.33. The first-order valence-corrected chi connectivity index (χ1v) is 13.3. The highest BCUT2D eigenvalue weighted by molar-refractivity contribution is 7.20. The molecule has 0 bridgehead atoms. The van der Waals surface area contributed by atoms with Crippen LogP contribution < -0.4 is 10.6 Å². The van der Waals surface area contributed by atoms with Crippen molar-refractivity contribution in [3.63, 3.8) is 0 Å². The summed E-state index contributed by atoms with van der Waals surface area (Å²) in [6, 6.07) is 6.38. The van der Waals surface area contributed by atoms with Gasteiger partial charge in [-0.25, -0.2) is 14.4 Å². The maximum Gasteiger partial charge on any atom is 0.261 e. The van der Waals surface area contributed by atoms with Crippen molar-refractivity contribution in [3.05, 3.63) is 46.3 Å². The van der Waals surface area contributed by atoms with Crippen molar-refractivity contribution < 1.29 is 13.9 Å². The Labute approximate surface area is 213 Å². The van der Waals surface area contributed by atoms with E-state index in [2.05, 4.69) is 25.5 Å². The van der Waals surface area contributed by atoms with Crippen LogP contribution in [0.2, 0.25) is 5.02 Å². The summed E-state index contributed by atoms with van der Waals surface area (Å²) in [6.45, 7) is 4.97.